The number of nitrogens with zero attached hydrogens (tertiary/aromatic N) is 3. The zero-order valence-electron chi connectivity index (χ0n) is 16.0. The molecule has 2 amide bonds. The van der Waals surface area contributed by atoms with Gasteiger partial charge in [-0.1, -0.05) is 12.1 Å². The molecule has 1 fully saturated rings. The highest BCUT2D eigenvalue weighted by Crippen LogP contribution is 2.34. The fourth-order valence-electron chi connectivity index (χ4n) is 3.29. The summed E-state index contributed by atoms with van der Waals surface area (Å²) in [5.74, 6) is -2.10. The minimum absolute atomic E-state index is 0.0333. The number of benzene rings is 1. The number of imide groups is 1. The molecule has 0 radical (unpaired) electrons. The Bertz CT molecular complexity index is 885. The molecule has 8 nitrogen and oxygen atoms in total. The number of carboxylic acid groups (broad SMARTS) is 1. The molecular weight excluding hydrogens is 362 g/mol. The number of amides is 2. The van der Waals surface area contributed by atoms with Crippen LogP contribution in [0.25, 0.3) is 5.69 Å². The molecule has 3 rings (SSSR count). The van der Waals surface area contributed by atoms with Crippen molar-refractivity contribution in [3.63, 3.8) is 0 Å². The molecule has 1 aliphatic rings. The van der Waals surface area contributed by atoms with Gasteiger partial charge in [-0.3, -0.25) is 4.79 Å². The Morgan fingerprint density at radius 1 is 1.25 bits per heavy atom. The fourth-order valence-corrected chi connectivity index (χ4v) is 3.29. The number of hydrogen-bond acceptors (Lipinski definition) is 5. The first kappa shape index (κ1) is 19.6. The number of carbonyl (C=O) groups is 3. The van der Waals surface area contributed by atoms with Gasteiger partial charge in [0.15, 0.2) is 0 Å². The maximum absolute atomic E-state index is 12.7. The zero-order valence-corrected chi connectivity index (χ0v) is 16.0. The van der Waals surface area contributed by atoms with Crippen LogP contribution < -0.4 is 0 Å². The molecule has 0 saturated carbocycles. The summed E-state index contributed by atoms with van der Waals surface area (Å²) in [6.07, 6.45) is 2.70. The first-order valence-electron chi connectivity index (χ1n) is 9.03. The van der Waals surface area contributed by atoms with Crippen LogP contribution in [-0.2, 0) is 14.3 Å². The van der Waals surface area contributed by atoms with Gasteiger partial charge < -0.3 is 9.84 Å². The molecule has 1 N–H and O–H groups in total. The SMILES string of the molecule is CC(C)(C)OC(=O)N1C(=O)C[C@H](c2cccc(-n3cccn3)c2)C[C@@H]1C(=O)O. The Morgan fingerprint density at radius 3 is 2.61 bits per heavy atom. The average molecular weight is 385 g/mol. The number of likely N-dealkylation sites (tertiary alicyclic amines) is 1. The lowest BCUT2D eigenvalue weighted by Gasteiger charge is -2.36. The van der Waals surface area contributed by atoms with Gasteiger partial charge in [0.05, 0.1) is 5.69 Å². The van der Waals surface area contributed by atoms with Gasteiger partial charge in [0.2, 0.25) is 5.91 Å². The van der Waals surface area contributed by atoms with Crippen LogP contribution >= 0.6 is 0 Å². The number of carboxylic acids is 1. The Morgan fingerprint density at radius 2 is 2.00 bits per heavy atom. The van der Waals surface area contributed by atoms with Crippen molar-refractivity contribution in [2.75, 3.05) is 0 Å². The van der Waals surface area contributed by atoms with Crippen molar-refractivity contribution in [3.8, 4) is 5.69 Å². The van der Waals surface area contributed by atoms with Gasteiger partial charge in [0.25, 0.3) is 0 Å². The highest BCUT2D eigenvalue weighted by molar-refractivity contribution is 5.98. The summed E-state index contributed by atoms with van der Waals surface area (Å²) in [5.41, 5.74) is 0.822. The maximum atomic E-state index is 12.7. The predicted molar refractivity (Wildman–Crippen MR) is 100 cm³/mol. The van der Waals surface area contributed by atoms with Crippen molar-refractivity contribution in [2.45, 2.75) is 51.2 Å². The summed E-state index contributed by atoms with van der Waals surface area (Å²) in [6.45, 7) is 5.00. The molecule has 2 aromatic rings. The summed E-state index contributed by atoms with van der Waals surface area (Å²) < 4.78 is 6.92. The minimum Gasteiger partial charge on any atom is -0.480 e. The largest absolute Gasteiger partial charge is 0.480 e. The molecule has 0 aliphatic carbocycles. The van der Waals surface area contributed by atoms with Crippen molar-refractivity contribution < 1.29 is 24.2 Å². The van der Waals surface area contributed by atoms with Gasteiger partial charge in [-0.2, -0.15) is 5.10 Å². The predicted octanol–water partition coefficient (Wildman–Crippen LogP) is 2.97. The van der Waals surface area contributed by atoms with E-state index in [1.165, 1.54) is 0 Å². The van der Waals surface area contributed by atoms with Gasteiger partial charge in [0.1, 0.15) is 11.6 Å². The van der Waals surface area contributed by atoms with Gasteiger partial charge in [-0.15, -0.1) is 0 Å². The normalized spacial score (nSPS) is 20.1. The van der Waals surface area contributed by atoms with Crippen LogP contribution in [0, 0.1) is 0 Å². The van der Waals surface area contributed by atoms with E-state index < -0.39 is 29.6 Å². The third-order valence-electron chi connectivity index (χ3n) is 4.49. The summed E-state index contributed by atoms with van der Waals surface area (Å²) >= 11 is 0. The topological polar surface area (TPSA) is 102 Å². The fraction of sp³-hybridized carbons (Fsp3) is 0.400. The molecule has 1 saturated heterocycles. The molecule has 2 heterocycles. The molecule has 1 aromatic heterocycles. The highest BCUT2D eigenvalue weighted by Gasteiger charge is 2.43. The Balaban J connectivity index is 1.85. The minimum atomic E-state index is -1.27. The van der Waals surface area contributed by atoms with Gasteiger partial charge in [0, 0.05) is 18.8 Å². The number of carbonyl (C=O) groups excluding carboxylic acids is 2. The lowest BCUT2D eigenvalue weighted by Crippen LogP contribution is -2.54. The Kier molecular flexibility index (Phi) is 5.22. The lowest BCUT2D eigenvalue weighted by atomic mass is 9.85. The molecule has 28 heavy (non-hydrogen) atoms. The number of aliphatic carboxylic acids is 1. The molecule has 8 heteroatoms. The van der Waals surface area contributed by atoms with Crippen LogP contribution in [0.3, 0.4) is 0 Å². The van der Waals surface area contributed by atoms with Crippen LogP contribution in [0.15, 0.2) is 42.7 Å². The smallest absolute Gasteiger partial charge is 0.417 e. The standard InChI is InChI=1S/C20H23N3O5/c1-20(2,3)28-19(27)23-16(18(25)26)11-14(12-17(23)24)13-6-4-7-15(10-13)22-9-5-8-21-22/h4-10,14,16H,11-12H2,1-3H3,(H,25,26)/t14-,16-/m1/s1. The first-order valence-corrected chi connectivity index (χ1v) is 9.03. The van der Waals surface area contributed by atoms with E-state index in [4.69, 9.17) is 4.74 Å². The van der Waals surface area contributed by atoms with E-state index in [0.717, 1.165) is 16.2 Å². The van der Waals surface area contributed by atoms with Gasteiger partial charge >= 0.3 is 12.1 Å². The van der Waals surface area contributed by atoms with E-state index in [2.05, 4.69) is 5.10 Å². The van der Waals surface area contributed by atoms with E-state index in [1.54, 1.807) is 43.9 Å². The Labute approximate surface area is 162 Å². The third-order valence-corrected chi connectivity index (χ3v) is 4.49. The molecule has 0 unspecified atom stereocenters. The number of rotatable bonds is 3. The van der Waals surface area contributed by atoms with Crippen molar-refractivity contribution in [1.29, 1.82) is 0 Å². The summed E-state index contributed by atoms with van der Waals surface area (Å²) in [5, 5.41) is 13.8. The van der Waals surface area contributed by atoms with Crippen LogP contribution in [-0.4, -0.2) is 49.4 Å². The summed E-state index contributed by atoms with van der Waals surface area (Å²) in [4.78, 5) is 37.6. The van der Waals surface area contributed by atoms with Crippen molar-refractivity contribution in [3.05, 3.63) is 48.3 Å². The van der Waals surface area contributed by atoms with Gasteiger partial charge in [-0.25, -0.2) is 19.2 Å². The third kappa shape index (κ3) is 4.21. The molecule has 148 valence electrons. The lowest BCUT2D eigenvalue weighted by molar-refractivity contribution is -0.152. The van der Waals surface area contributed by atoms with Crippen molar-refractivity contribution in [1.82, 2.24) is 14.7 Å². The molecule has 0 bridgehead atoms. The van der Waals surface area contributed by atoms with E-state index in [1.807, 2.05) is 24.3 Å². The second kappa shape index (κ2) is 7.46. The molecule has 0 spiro atoms. The maximum Gasteiger partial charge on any atom is 0.417 e. The number of hydrogen-bond donors (Lipinski definition) is 1. The zero-order chi connectivity index (χ0) is 20.5. The van der Waals surface area contributed by atoms with Gasteiger partial charge in [-0.05, 0) is 56.9 Å². The second-order valence-corrected chi connectivity index (χ2v) is 7.78. The average Bonchev–Trinajstić information content (AvgIpc) is 3.14. The van der Waals surface area contributed by atoms with Crippen LogP contribution in [0.4, 0.5) is 4.79 Å². The van der Waals surface area contributed by atoms with E-state index in [9.17, 15) is 19.5 Å². The van der Waals surface area contributed by atoms with Crippen molar-refractivity contribution >= 4 is 18.0 Å². The van der Waals surface area contributed by atoms with Crippen LogP contribution in [0.1, 0.15) is 45.1 Å². The quantitative estimate of drug-likeness (QED) is 0.872. The highest BCUT2D eigenvalue weighted by atomic mass is 16.6. The first-order chi connectivity index (χ1) is 13.2. The molecular formula is C20H23N3O5. The van der Waals surface area contributed by atoms with E-state index in [0.29, 0.717) is 0 Å². The number of ether oxygens (including phenoxy) is 1. The molecule has 2 atom stereocenters. The molecule has 1 aromatic carbocycles. The summed E-state index contributed by atoms with van der Waals surface area (Å²) in [6, 6.07) is 7.99. The monoisotopic (exact) mass is 385 g/mol. The summed E-state index contributed by atoms with van der Waals surface area (Å²) in [7, 11) is 0. The van der Waals surface area contributed by atoms with Crippen molar-refractivity contribution in [2.24, 2.45) is 0 Å². The van der Waals surface area contributed by atoms with E-state index >= 15 is 0 Å². The van der Waals surface area contributed by atoms with Crippen LogP contribution in [0.2, 0.25) is 0 Å². The van der Waals surface area contributed by atoms with Crippen LogP contribution in [0.5, 0.6) is 0 Å². The molecule has 1 aliphatic heterocycles. The van der Waals surface area contributed by atoms with E-state index in [-0.39, 0.29) is 18.8 Å². The second-order valence-electron chi connectivity index (χ2n) is 7.78. The number of piperidine rings is 1. The number of aromatic nitrogens is 2. The Hall–Kier alpha value is -3.16.